The first-order chi connectivity index (χ1) is 31.3. The average molecular weight is 809 g/mol. The summed E-state index contributed by atoms with van der Waals surface area (Å²) in [5.41, 5.74) is 17.8. The molecule has 1 aliphatic heterocycles. The third kappa shape index (κ3) is 6.15. The van der Waals surface area contributed by atoms with Gasteiger partial charge < -0.3 is 9.80 Å². The Hall–Kier alpha value is -7.42. The van der Waals surface area contributed by atoms with Gasteiger partial charge in [-0.05, 0) is 123 Å². The van der Waals surface area contributed by atoms with E-state index in [0.717, 1.165) is 12.8 Å². The molecule has 0 spiro atoms. The lowest BCUT2D eigenvalue weighted by Crippen LogP contribution is -2.36. The number of para-hydroxylation sites is 1. The minimum absolute atomic E-state index is 0.112. The molecule has 0 bridgehead atoms. The number of hydrogen-bond acceptors (Lipinski definition) is 2. The minimum atomic E-state index is -0.339. The highest BCUT2D eigenvalue weighted by atomic mass is 15.2. The van der Waals surface area contributed by atoms with Gasteiger partial charge in [0, 0.05) is 28.7 Å². The molecule has 2 heteroatoms. The van der Waals surface area contributed by atoms with Crippen molar-refractivity contribution in [2.24, 2.45) is 5.92 Å². The molecular formula is C61H48N2. The van der Waals surface area contributed by atoms with Gasteiger partial charge in [0.05, 0.1) is 17.5 Å². The highest BCUT2D eigenvalue weighted by Crippen LogP contribution is 2.59. The van der Waals surface area contributed by atoms with Crippen molar-refractivity contribution in [1.29, 1.82) is 0 Å². The molecule has 5 unspecified atom stereocenters. The molecule has 1 heterocycles. The molecule has 0 saturated carbocycles. The van der Waals surface area contributed by atoms with E-state index in [1.807, 2.05) is 0 Å². The first-order valence-electron chi connectivity index (χ1n) is 22.6. The van der Waals surface area contributed by atoms with Crippen LogP contribution in [0.2, 0.25) is 0 Å². The molecule has 0 amide bonds. The summed E-state index contributed by atoms with van der Waals surface area (Å²) in [5.74, 6) is 0.582. The Morgan fingerprint density at radius 1 is 0.508 bits per heavy atom. The summed E-state index contributed by atoms with van der Waals surface area (Å²) in [6, 6.07) is 66.0. The lowest BCUT2D eigenvalue weighted by molar-refractivity contribution is 0.457. The molecule has 7 aromatic carbocycles. The second-order valence-corrected chi connectivity index (χ2v) is 17.5. The molecule has 0 saturated heterocycles. The molecule has 0 aromatic heterocycles. The molecule has 5 aliphatic rings. The Morgan fingerprint density at radius 2 is 1.19 bits per heavy atom. The van der Waals surface area contributed by atoms with Crippen molar-refractivity contribution in [1.82, 2.24) is 0 Å². The fourth-order valence-electron chi connectivity index (χ4n) is 11.4. The van der Waals surface area contributed by atoms with E-state index < -0.39 is 0 Å². The molecule has 302 valence electrons. The van der Waals surface area contributed by atoms with Gasteiger partial charge in [0.15, 0.2) is 0 Å². The number of fused-ring (bicyclic) bond motifs is 6. The van der Waals surface area contributed by atoms with Crippen LogP contribution in [0.1, 0.15) is 46.6 Å². The second kappa shape index (κ2) is 15.5. The first-order valence-corrected chi connectivity index (χ1v) is 22.6. The van der Waals surface area contributed by atoms with Crippen molar-refractivity contribution in [2.45, 2.75) is 36.3 Å². The van der Waals surface area contributed by atoms with Crippen LogP contribution >= 0.6 is 0 Å². The van der Waals surface area contributed by atoms with E-state index in [4.69, 9.17) is 0 Å². The largest absolute Gasteiger partial charge is 0.334 e. The van der Waals surface area contributed by atoms with Crippen LogP contribution in [0, 0.1) is 5.92 Å². The molecule has 12 rings (SSSR count). The highest BCUT2D eigenvalue weighted by molar-refractivity contribution is 5.87. The monoisotopic (exact) mass is 808 g/mol. The van der Waals surface area contributed by atoms with Gasteiger partial charge in [-0.3, -0.25) is 0 Å². The van der Waals surface area contributed by atoms with Crippen LogP contribution in [0.5, 0.6) is 0 Å². The van der Waals surface area contributed by atoms with E-state index in [-0.39, 0.29) is 23.4 Å². The number of anilines is 4. The summed E-state index contributed by atoms with van der Waals surface area (Å²) < 4.78 is 0. The van der Waals surface area contributed by atoms with Gasteiger partial charge in [-0.2, -0.15) is 0 Å². The third-order valence-corrected chi connectivity index (χ3v) is 14.2. The van der Waals surface area contributed by atoms with Crippen LogP contribution in [0.4, 0.5) is 22.7 Å². The fourth-order valence-corrected chi connectivity index (χ4v) is 11.4. The van der Waals surface area contributed by atoms with Gasteiger partial charge >= 0.3 is 0 Å². The van der Waals surface area contributed by atoms with E-state index >= 15 is 0 Å². The molecule has 63 heavy (non-hydrogen) atoms. The van der Waals surface area contributed by atoms with Crippen LogP contribution in [0.3, 0.4) is 0 Å². The highest BCUT2D eigenvalue weighted by Gasteiger charge is 2.49. The summed E-state index contributed by atoms with van der Waals surface area (Å²) in [6.45, 7) is 0. The van der Waals surface area contributed by atoms with Crippen LogP contribution in [0.25, 0.3) is 27.8 Å². The van der Waals surface area contributed by atoms with Crippen LogP contribution < -0.4 is 9.80 Å². The van der Waals surface area contributed by atoms with Crippen molar-refractivity contribution < 1.29 is 0 Å². The Labute approximate surface area is 371 Å². The zero-order valence-corrected chi connectivity index (χ0v) is 35.2. The molecule has 5 atom stereocenters. The lowest BCUT2D eigenvalue weighted by Gasteiger charge is -2.40. The Bertz CT molecular complexity index is 3020. The molecule has 4 aliphatic carbocycles. The van der Waals surface area contributed by atoms with Crippen molar-refractivity contribution in [3.8, 4) is 22.3 Å². The lowest BCUT2D eigenvalue weighted by atomic mass is 9.62. The maximum Gasteiger partial charge on any atom is 0.0629 e. The maximum absolute atomic E-state index is 2.58. The van der Waals surface area contributed by atoms with Crippen molar-refractivity contribution in [3.05, 3.63) is 271 Å². The SMILES string of the molecule is C1=CCC(C2(c3ccccc3)c3ccccc3-c3ccc(N(c4ccc(-c5ccccc5)cc4)C4C=CC(c5ccc6c(c5)C5C=CC=CC5N6c5ccccc5)=CC4)cc32)C=C1. The number of rotatable bonds is 8. The normalized spacial score (nSPS) is 22.3. The Morgan fingerprint density at radius 3 is 1.97 bits per heavy atom. The van der Waals surface area contributed by atoms with Gasteiger partial charge in [0.25, 0.3) is 0 Å². The van der Waals surface area contributed by atoms with E-state index in [1.165, 1.54) is 78.4 Å². The van der Waals surface area contributed by atoms with E-state index in [0.29, 0.717) is 5.92 Å². The van der Waals surface area contributed by atoms with Gasteiger partial charge in [-0.25, -0.2) is 0 Å². The number of hydrogen-bond donors (Lipinski definition) is 0. The molecule has 0 fully saturated rings. The standard InChI is InChI=1S/C61H48N2/c1-5-17-43(18-6-1)44-29-34-50(35-30-44)62(51-36-31-45(32-37-51)46-33-40-60-56(41-46)55-26-14-16-28-59(55)63(60)49-23-11-4-12-24-49)52-38-39-54-53-25-13-15-27-57(53)61(58(54)42-52,47-19-7-2-8-20-47)48-21-9-3-10-22-48/h1-21,23-36,38-42,48,51,55,59H,22,37H2. The molecule has 2 nitrogen and oxygen atoms in total. The number of nitrogens with zero attached hydrogens (tertiary/aromatic N) is 2. The molecular weight excluding hydrogens is 761 g/mol. The Kier molecular flexibility index (Phi) is 9.18. The predicted octanol–water partition coefficient (Wildman–Crippen LogP) is 15.1. The summed E-state index contributed by atoms with van der Waals surface area (Å²) in [7, 11) is 0. The van der Waals surface area contributed by atoms with Gasteiger partial charge in [-0.1, -0.05) is 194 Å². The summed E-state index contributed by atoms with van der Waals surface area (Å²) in [6.07, 6.45) is 27.5. The minimum Gasteiger partial charge on any atom is -0.334 e. The fraction of sp³-hybridized carbons (Fsp3) is 0.115. The first kappa shape index (κ1) is 37.4. The number of benzene rings is 7. The quantitative estimate of drug-likeness (QED) is 0.151. The van der Waals surface area contributed by atoms with Crippen molar-refractivity contribution in [2.75, 3.05) is 9.80 Å². The smallest absolute Gasteiger partial charge is 0.0629 e. The van der Waals surface area contributed by atoms with Gasteiger partial charge in [0.2, 0.25) is 0 Å². The molecule has 0 radical (unpaired) electrons. The van der Waals surface area contributed by atoms with E-state index in [1.54, 1.807) is 0 Å². The third-order valence-electron chi connectivity index (χ3n) is 14.2. The van der Waals surface area contributed by atoms with E-state index in [2.05, 4.69) is 253 Å². The summed E-state index contributed by atoms with van der Waals surface area (Å²) in [4.78, 5) is 5.09. The van der Waals surface area contributed by atoms with Crippen LogP contribution in [-0.2, 0) is 5.41 Å². The zero-order chi connectivity index (χ0) is 41.7. The second-order valence-electron chi connectivity index (χ2n) is 17.5. The van der Waals surface area contributed by atoms with Crippen LogP contribution in [-0.4, -0.2) is 12.1 Å². The van der Waals surface area contributed by atoms with Gasteiger partial charge in [0.1, 0.15) is 0 Å². The topological polar surface area (TPSA) is 6.48 Å². The summed E-state index contributed by atoms with van der Waals surface area (Å²) >= 11 is 0. The maximum atomic E-state index is 2.58. The average Bonchev–Trinajstić information content (AvgIpc) is 3.86. The van der Waals surface area contributed by atoms with Crippen LogP contribution in [0.15, 0.2) is 243 Å². The molecule has 7 aromatic rings. The Balaban J connectivity index is 0.951. The summed E-state index contributed by atoms with van der Waals surface area (Å²) in [5, 5.41) is 0. The predicted molar refractivity (Wildman–Crippen MR) is 264 cm³/mol. The number of allylic oxidation sites excluding steroid dienone is 8. The van der Waals surface area contributed by atoms with Crippen molar-refractivity contribution >= 4 is 28.3 Å². The van der Waals surface area contributed by atoms with Crippen molar-refractivity contribution in [3.63, 3.8) is 0 Å². The molecule has 0 N–H and O–H groups in total. The van der Waals surface area contributed by atoms with E-state index in [9.17, 15) is 0 Å². The van der Waals surface area contributed by atoms with Gasteiger partial charge in [-0.15, -0.1) is 0 Å². The zero-order valence-electron chi connectivity index (χ0n) is 35.2.